The number of carbonyl (C=O) groups excluding carboxylic acids is 1. The summed E-state index contributed by atoms with van der Waals surface area (Å²) in [6.45, 7) is 2.84. The van der Waals surface area contributed by atoms with Gasteiger partial charge in [0.2, 0.25) is 5.91 Å². The summed E-state index contributed by atoms with van der Waals surface area (Å²) in [6.07, 6.45) is 1.09. The fourth-order valence-electron chi connectivity index (χ4n) is 2.79. The van der Waals surface area contributed by atoms with E-state index in [1.165, 1.54) is 0 Å². The zero-order valence-corrected chi connectivity index (χ0v) is 14.2. The van der Waals surface area contributed by atoms with E-state index >= 15 is 0 Å². The highest BCUT2D eigenvalue weighted by Gasteiger charge is 2.17. The zero-order valence-electron chi connectivity index (χ0n) is 14.2. The quantitative estimate of drug-likeness (QED) is 0.813. The summed E-state index contributed by atoms with van der Waals surface area (Å²) in [7, 11) is 0. The predicted octanol–water partition coefficient (Wildman–Crippen LogP) is 2.52. The summed E-state index contributed by atoms with van der Waals surface area (Å²) in [5.41, 5.74) is 1.07. The molecule has 2 aromatic rings. The summed E-state index contributed by atoms with van der Waals surface area (Å²) in [5.74, 6) is 1.65. The molecule has 0 radical (unpaired) electrons. The van der Waals surface area contributed by atoms with Crippen molar-refractivity contribution < 1.29 is 14.3 Å². The Morgan fingerprint density at radius 3 is 2.76 bits per heavy atom. The lowest BCUT2D eigenvalue weighted by Crippen LogP contribution is -2.41. The second-order valence-electron chi connectivity index (χ2n) is 6.02. The molecule has 5 nitrogen and oxygen atoms in total. The molecule has 1 amide bonds. The van der Waals surface area contributed by atoms with Crippen molar-refractivity contribution in [3.05, 3.63) is 60.2 Å². The molecule has 3 rings (SSSR count). The maximum Gasteiger partial charge on any atom is 0.222 e. The minimum atomic E-state index is -0.0255. The largest absolute Gasteiger partial charge is 0.457 e. The van der Waals surface area contributed by atoms with Crippen LogP contribution in [0.3, 0.4) is 0 Å². The van der Waals surface area contributed by atoms with Crippen molar-refractivity contribution in [3.8, 4) is 11.5 Å². The standard InChI is InChI=1S/C20H24N2O3/c23-20(14-18-15-21-12-13-24-18)22-11-10-16-6-4-5-9-19(16)25-17-7-2-1-3-8-17/h1-9,18,21H,10-15H2,(H,22,23)/t18-/m0/s1. The molecule has 25 heavy (non-hydrogen) atoms. The van der Waals surface area contributed by atoms with Gasteiger partial charge in [-0.1, -0.05) is 36.4 Å². The van der Waals surface area contributed by atoms with Gasteiger partial charge in [-0.2, -0.15) is 0 Å². The van der Waals surface area contributed by atoms with E-state index < -0.39 is 0 Å². The first-order chi connectivity index (χ1) is 12.3. The van der Waals surface area contributed by atoms with Crippen molar-refractivity contribution in [2.45, 2.75) is 18.9 Å². The van der Waals surface area contributed by atoms with Crippen LogP contribution in [0.15, 0.2) is 54.6 Å². The van der Waals surface area contributed by atoms with Gasteiger partial charge in [-0.25, -0.2) is 0 Å². The van der Waals surface area contributed by atoms with E-state index in [1.807, 2.05) is 54.6 Å². The highest BCUT2D eigenvalue weighted by atomic mass is 16.5. The molecule has 1 saturated heterocycles. The molecule has 0 saturated carbocycles. The minimum absolute atomic E-state index is 0.0233. The molecule has 0 aliphatic carbocycles. The van der Waals surface area contributed by atoms with E-state index in [4.69, 9.17) is 9.47 Å². The van der Waals surface area contributed by atoms with E-state index in [0.29, 0.717) is 19.6 Å². The number of para-hydroxylation sites is 2. The molecule has 1 aliphatic heterocycles. The van der Waals surface area contributed by atoms with E-state index in [2.05, 4.69) is 10.6 Å². The van der Waals surface area contributed by atoms with Gasteiger partial charge in [-0.05, 0) is 30.2 Å². The predicted molar refractivity (Wildman–Crippen MR) is 96.9 cm³/mol. The molecule has 2 N–H and O–H groups in total. The molecule has 0 bridgehead atoms. The number of ether oxygens (including phenoxy) is 2. The Bertz CT molecular complexity index is 670. The van der Waals surface area contributed by atoms with Crippen LogP contribution < -0.4 is 15.4 Å². The molecule has 1 fully saturated rings. The molecule has 1 aliphatic rings. The van der Waals surface area contributed by atoms with Gasteiger partial charge in [-0.3, -0.25) is 4.79 Å². The topological polar surface area (TPSA) is 59.6 Å². The van der Waals surface area contributed by atoms with Gasteiger partial charge < -0.3 is 20.1 Å². The number of nitrogens with one attached hydrogen (secondary N) is 2. The Morgan fingerprint density at radius 2 is 1.96 bits per heavy atom. The van der Waals surface area contributed by atoms with Crippen LogP contribution in [0.1, 0.15) is 12.0 Å². The van der Waals surface area contributed by atoms with Crippen molar-refractivity contribution in [2.24, 2.45) is 0 Å². The highest BCUT2D eigenvalue weighted by molar-refractivity contribution is 5.76. The van der Waals surface area contributed by atoms with Crippen molar-refractivity contribution >= 4 is 5.91 Å². The summed E-state index contributed by atoms with van der Waals surface area (Å²) in [5, 5.41) is 6.20. The number of carbonyl (C=O) groups is 1. The Balaban J connectivity index is 1.48. The molecular weight excluding hydrogens is 316 g/mol. The number of morpholine rings is 1. The fourth-order valence-corrected chi connectivity index (χ4v) is 2.79. The average Bonchev–Trinajstić information content (AvgIpc) is 2.65. The van der Waals surface area contributed by atoms with Gasteiger partial charge in [0, 0.05) is 19.6 Å². The van der Waals surface area contributed by atoms with Crippen molar-refractivity contribution in [1.82, 2.24) is 10.6 Å². The second-order valence-corrected chi connectivity index (χ2v) is 6.02. The highest BCUT2D eigenvalue weighted by Crippen LogP contribution is 2.25. The first-order valence-electron chi connectivity index (χ1n) is 8.71. The molecule has 1 heterocycles. The number of rotatable bonds is 7. The van der Waals surface area contributed by atoms with Crippen LogP contribution in [0.2, 0.25) is 0 Å². The second kappa shape index (κ2) is 9.20. The normalized spacial score (nSPS) is 17.0. The maximum atomic E-state index is 12.0. The van der Waals surface area contributed by atoms with Gasteiger partial charge in [0.25, 0.3) is 0 Å². The van der Waals surface area contributed by atoms with Crippen molar-refractivity contribution in [3.63, 3.8) is 0 Å². The number of hydrogen-bond acceptors (Lipinski definition) is 4. The Kier molecular flexibility index (Phi) is 6.42. The molecule has 0 unspecified atom stereocenters. The summed E-state index contributed by atoms with van der Waals surface area (Å²) < 4.78 is 11.5. The van der Waals surface area contributed by atoms with Crippen LogP contribution in [-0.4, -0.2) is 38.3 Å². The molecule has 0 aromatic heterocycles. The van der Waals surface area contributed by atoms with Crippen LogP contribution in [0.4, 0.5) is 0 Å². The summed E-state index contributed by atoms with van der Waals surface area (Å²) in [6, 6.07) is 17.6. The third-order valence-corrected chi connectivity index (χ3v) is 4.08. The van der Waals surface area contributed by atoms with Crippen LogP contribution in [-0.2, 0) is 16.0 Å². The molecule has 2 aromatic carbocycles. The minimum Gasteiger partial charge on any atom is -0.457 e. The average molecular weight is 340 g/mol. The van der Waals surface area contributed by atoms with Crippen LogP contribution in [0.5, 0.6) is 11.5 Å². The third kappa shape index (κ3) is 5.59. The van der Waals surface area contributed by atoms with Crippen molar-refractivity contribution in [1.29, 1.82) is 0 Å². The number of amides is 1. The van der Waals surface area contributed by atoms with Crippen LogP contribution in [0.25, 0.3) is 0 Å². The summed E-state index contributed by atoms with van der Waals surface area (Å²) in [4.78, 5) is 12.0. The SMILES string of the molecule is O=C(C[C@H]1CNCCO1)NCCc1ccccc1Oc1ccccc1. The van der Waals surface area contributed by atoms with E-state index in [0.717, 1.165) is 36.6 Å². The number of benzene rings is 2. The lowest BCUT2D eigenvalue weighted by atomic mass is 10.1. The molecule has 1 atom stereocenters. The van der Waals surface area contributed by atoms with E-state index in [1.54, 1.807) is 0 Å². The zero-order chi connectivity index (χ0) is 17.3. The Morgan fingerprint density at radius 1 is 1.16 bits per heavy atom. The monoisotopic (exact) mass is 340 g/mol. The fraction of sp³-hybridized carbons (Fsp3) is 0.350. The number of hydrogen-bond donors (Lipinski definition) is 2. The third-order valence-electron chi connectivity index (χ3n) is 4.08. The summed E-state index contributed by atoms with van der Waals surface area (Å²) >= 11 is 0. The van der Waals surface area contributed by atoms with Crippen LogP contribution >= 0.6 is 0 Å². The van der Waals surface area contributed by atoms with Gasteiger partial charge >= 0.3 is 0 Å². The van der Waals surface area contributed by atoms with E-state index in [9.17, 15) is 4.79 Å². The van der Waals surface area contributed by atoms with Crippen LogP contribution in [0, 0.1) is 0 Å². The lowest BCUT2D eigenvalue weighted by molar-refractivity contribution is -0.124. The maximum absolute atomic E-state index is 12.0. The first-order valence-corrected chi connectivity index (χ1v) is 8.71. The molecule has 0 spiro atoms. The van der Waals surface area contributed by atoms with Gasteiger partial charge in [0.1, 0.15) is 11.5 Å². The Labute approximate surface area is 148 Å². The molecule has 5 heteroatoms. The van der Waals surface area contributed by atoms with E-state index in [-0.39, 0.29) is 12.0 Å². The van der Waals surface area contributed by atoms with Gasteiger partial charge in [0.05, 0.1) is 19.1 Å². The van der Waals surface area contributed by atoms with Gasteiger partial charge in [0.15, 0.2) is 0 Å². The van der Waals surface area contributed by atoms with Gasteiger partial charge in [-0.15, -0.1) is 0 Å². The van der Waals surface area contributed by atoms with Crippen molar-refractivity contribution in [2.75, 3.05) is 26.2 Å². The molecule has 132 valence electrons. The molecular formula is C20H24N2O3. The lowest BCUT2D eigenvalue weighted by Gasteiger charge is -2.23. The smallest absolute Gasteiger partial charge is 0.222 e. The Hall–Kier alpha value is -2.37. The first kappa shape index (κ1) is 17.5.